The molecule has 1 fully saturated rings. The smallest absolute Gasteiger partial charge is 0.273 e. The number of hydrogen-bond acceptors (Lipinski definition) is 8. The molecule has 32 heavy (non-hydrogen) atoms. The second kappa shape index (κ2) is 10.8. The number of nitrogens with one attached hydrogen (secondary N) is 1. The largest absolute Gasteiger partial charge is 0.447 e. The molecule has 170 valence electrons. The first-order valence-corrected chi connectivity index (χ1v) is 11.7. The molecule has 0 saturated carbocycles. The molecule has 2 aromatic heterocycles. The van der Waals surface area contributed by atoms with E-state index >= 15 is 0 Å². The lowest BCUT2D eigenvalue weighted by Crippen LogP contribution is -2.38. The molecular weight excluding hydrogens is 428 g/mol. The second-order valence-electron chi connectivity index (χ2n) is 7.68. The van der Waals surface area contributed by atoms with Gasteiger partial charge in [0.25, 0.3) is 5.91 Å². The highest BCUT2D eigenvalue weighted by atomic mass is 32.2. The number of aryl methyl sites for hydroxylation is 2. The molecule has 0 unspecified atom stereocenters. The Hall–Kier alpha value is -2.69. The molecule has 0 atom stereocenters. The van der Waals surface area contributed by atoms with Crippen LogP contribution in [-0.4, -0.2) is 69.9 Å². The highest BCUT2D eigenvalue weighted by molar-refractivity contribution is 7.98. The fraction of sp³-hybridized carbons (Fsp3) is 0.455. The van der Waals surface area contributed by atoms with E-state index in [0.29, 0.717) is 23.9 Å². The van der Waals surface area contributed by atoms with Gasteiger partial charge in [0.2, 0.25) is 5.89 Å². The van der Waals surface area contributed by atoms with Crippen molar-refractivity contribution in [1.82, 2.24) is 30.0 Å². The Morgan fingerprint density at radius 3 is 2.72 bits per heavy atom. The number of amides is 1. The Kier molecular flexibility index (Phi) is 7.56. The predicted molar refractivity (Wildman–Crippen MR) is 121 cm³/mol. The number of thioether (sulfide) groups is 1. The van der Waals surface area contributed by atoms with Gasteiger partial charge in [0, 0.05) is 25.3 Å². The van der Waals surface area contributed by atoms with Crippen molar-refractivity contribution in [2.45, 2.75) is 31.2 Å². The minimum Gasteiger partial charge on any atom is -0.447 e. The molecule has 0 radical (unpaired) electrons. The summed E-state index contributed by atoms with van der Waals surface area (Å²) >= 11 is 1.47. The van der Waals surface area contributed by atoms with Crippen molar-refractivity contribution in [1.29, 1.82) is 0 Å². The van der Waals surface area contributed by atoms with Crippen molar-refractivity contribution < 1.29 is 13.9 Å². The first-order valence-electron chi connectivity index (χ1n) is 10.7. The number of aromatic nitrogens is 4. The van der Waals surface area contributed by atoms with Gasteiger partial charge in [0.05, 0.1) is 19.0 Å². The van der Waals surface area contributed by atoms with Gasteiger partial charge >= 0.3 is 0 Å². The molecule has 10 heteroatoms. The Morgan fingerprint density at radius 2 is 1.94 bits per heavy atom. The van der Waals surface area contributed by atoms with Crippen LogP contribution in [0.4, 0.5) is 0 Å². The highest BCUT2D eigenvalue weighted by Gasteiger charge is 2.16. The van der Waals surface area contributed by atoms with Crippen molar-refractivity contribution >= 4 is 17.7 Å². The zero-order valence-electron chi connectivity index (χ0n) is 18.4. The summed E-state index contributed by atoms with van der Waals surface area (Å²) in [4.78, 5) is 19.0. The standard InChI is InChI=1S/C22H28N6O3S/c1-16-4-6-18(7-5-16)28-17(2)25-26-22(28)32-15-20-24-19(14-31-20)21(29)23-8-3-9-27-10-12-30-13-11-27/h4-7,14H,3,8-13,15H2,1-2H3,(H,23,29). The van der Waals surface area contributed by atoms with Crippen molar-refractivity contribution in [3.05, 3.63) is 53.5 Å². The summed E-state index contributed by atoms with van der Waals surface area (Å²) < 4.78 is 12.8. The molecule has 0 aliphatic carbocycles. The van der Waals surface area contributed by atoms with Crippen LogP contribution in [-0.2, 0) is 10.5 Å². The lowest BCUT2D eigenvalue weighted by Gasteiger charge is -2.26. The molecule has 1 aliphatic heterocycles. The van der Waals surface area contributed by atoms with E-state index < -0.39 is 0 Å². The predicted octanol–water partition coefficient (Wildman–Crippen LogP) is 2.62. The number of nitrogens with zero attached hydrogens (tertiary/aromatic N) is 5. The van der Waals surface area contributed by atoms with Gasteiger partial charge in [0.1, 0.15) is 12.1 Å². The topological polar surface area (TPSA) is 98.3 Å². The normalized spacial score (nSPS) is 14.6. The van der Waals surface area contributed by atoms with Gasteiger partial charge in [-0.1, -0.05) is 29.5 Å². The molecular formula is C22H28N6O3S. The molecule has 1 N–H and O–H groups in total. The molecule has 1 aliphatic rings. The van der Waals surface area contributed by atoms with Crippen LogP contribution in [0.3, 0.4) is 0 Å². The van der Waals surface area contributed by atoms with E-state index in [9.17, 15) is 4.79 Å². The van der Waals surface area contributed by atoms with E-state index in [-0.39, 0.29) is 5.91 Å². The van der Waals surface area contributed by atoms with Crippen LogP contribution in [0.2, 0.25) is 0 Å². The number of benzene rings is 1. The maximum atomic E-state index is 12.4. The quantitative estimate of drug-likeness (QED) is 0.388. The molecule has 0 bridgehead atoms. The van der Waals surface area contributed by atoms with Crippen molar-refractivity contribution in [3.63, 3.8) is 0 Å². The van der Waals surface area contributed by atoms with E-state index in [1.54, 1.807) is 0 Å². The third-order valence-electron chi connectivity index (χ3n) is 5.24. The third kappa shape index (κ3) is 5.76. The minimum absolute atomic E-state index is 0.217. The summed E-state index contributed by atoms with van der Waals surface area (Å²) in [5.74, 6) is 1.52. The van der Waals surface area contributed by atoms with Crippen molar-refractivity contribution in [3.8, 4) is 5.69 Å². The number of carbonyl (C=O) groups excluding carboxylic acids is 1. The first-order chi connectivity index (χ1) is 15.6. The maximum Gasteiger partial charge on any atom is 0.273 e. The monoisotopic (exact) mass is 456 g/mol. The fourth-order valence-corrected chi connectivity index (χ4v) is 4.31. The maximum absolute atomic E-state index is 12.4. The Bertz CT molecular complexity index is 1030. The highest BCUT2D eigenvalue weighted by Crippen LogP contribution is 2.25. The molecule has 1 amide bonds. The number of carbonyl (C=O) groups is 1. The van der Waals surface area contributed by atoms with E-state index in [1.807, 2.05) is 23.6 Å². The number of ether oxygens (including phenoxy) is 1. The number of rotatable bonds is 9. The molecule has 1 saturated heterocycles. The summed E-state index contributed by atoms with van der Waals surface area (Å²) in [5.41, 5.74) is 2.49. The number of hydrogen-bond donors (Lipinski definition) is 1. The van der Waals surface area contributed by atoms with Crippen molar-refractivity contribution in [2.75, 3.05) is 39.4 Å². The summed E-state index contributed by atoms with van der Waals surface area (Å²) in [7, 11) is 0. The van der Waals surface area contributed by atoms with Crippen LogP contribution >= 0.6 is 11.8 Å². The van der Waals surface area contributed by atoms with Crippen molar-refractivity contribution in [2.24, 2.45) is 0 Å². The zero-order valence-corrected chi connectivity index (χ0v) is 19.2. The SMILES string of the molecule is Cc1ccc(-n2c(C)nnc2SCc2nc(C(=O)NCCCN3CCOCC3)co2)cc1. The van der Waals surface area contributed by atoms with Crippen LogP contribution in [0.25, 0.3) is 5.69 Å². The van der Waals surface area contributed by atoms with Gasteiger partial charge in [-0.25, -0.2) is 4.98 Å². The van der Waals surface area contributed by atoms with Gasteiger partial charge < -0.3 is 14.5 Å². The second-order valence-corrected chi connectivity index (χ2v) is 8.62. The van der Waals surface area contributed by atoms with Crippen LogP contribution in [0.5, 0.6) is 0 Å². The van der Waals surface area contributed by atoms with Gasteiger partial charge in [-0.15, -0.1) is 10.2 Å². The first kappa shape index (κ1) is 22.5. The lowest BCUT2D eigenvalue weighted by atomic mass is 10.2. The summed E-state index contributed by atoms with van der Waals surface area (Å²) in [6, 6.07) is 8.21. The fourth-order valence-electron chi connectivity index (χ4n) is 3.46. The Labute approximate surface area is 191 Å². The van der Waals surface area contributed by atoms with Crippen LogP contribution < -0.4 is 5.32 Å². The van der Waals surface area contributed by atoms with E-state index in [2.05, 4.69) is 44.5 Å². The summed E-state index contributed by atoms with van der Waals surface area (Å²) in [6.07, 6.45) is 2.30. The van der Waals surface area contributed by atoms with E-state index in [1.165, 1.54) is 23.6 Å². The van der Waals surface area contributed by atoms with Gasteiger partial charge in [-0.05, 0) is 38.9 Å². The number of morpholine rings is 1. The molecule has 1 aromatic carbocycles. The molecule has 3 heterocycles. The van der Waals surface area contributed by atoms with Gasteiger partial charge in [-0.3, -0.25) is 14.3 Å². The summed E-state index contributed by atoms with van der Waals surface area (Å²) in [5, 5.41) is 12.1. The zero-order chi connectivity index (χ0) is 22.3. The molecule has 4 rings (SSSR count). The average Bonchev–Trinajstić information content (AvgIpc) is 3.43. The van der Waals surface area contributed by atoms with Gasteiger partial charge in [-0.2, -0.15) is 0 Å². The van der Waals surface area contributed by atoms with Crippen LogP contribution in [0.1, 0.15) is 34.2 Å². The molecule has 9 nitrogen and oxygen atoms in total. The van der Waals surface area contributed by atoms with Crippen LogP contribution in [0.15, 0.2) is 40.1 Å². The van der Waals surface area contributed by atoms with E-state index in [4.69, 9.17) is 9.15 Å². The van der Waals surface area contributed by atoms with Gasteiger partial charge in [0.15, 0.2) is 10.9 Å². The Morgan fingerprint density at radius 1 is 1.16 bits per heavy atom. The average molecular weight is 457 g/mol. The molecule has 3 aromatic rings. The number of oxazole rings is 1. The third-order valence-corrected chi connectivity index (χ3v) is 6.15. The van der Waals surface area contributed by atoms with E-state index in [0.717, 1.165) is 55.9 Å². The lowest BCUT2D eigenvalue weighted by molar-refractivity contribution is 0.0374. The summed E-state index contributed by atoms with van der Waals surface area (Å²) in [6.45, 7) is 9.00. The Balaban J connectivity index is 1.27. The minimum atomic E-state index is -0.217. The van der Waals surface area contributed by atoms with Crippen LogP contribution in [0, 0.1) is 13.8 Å². The molecule has 0 spiro atoms.